The summed E-state index contributed by atoms with van der Waals surface area (Å²) in [6.45, 7) is -2.05. The summed E-state index contributed by atoms with van der Waals surface area (Å²) in [6.07, 6.45) is -1.78. The molecule has 0 saturated heterocycles. The average molecular weight is 268 g/mol. The third-order valence-electron chi connectivity index (χ3n) is 3.43. The first kappa shape index (κ1) is 15.2. The molecule has 1 amide bonds. The number of carbonyl (C=O) groups is 1. The Balaban J connectivity index is 2.81. The first-order valence-electron chi connectivity index (χ1n) is 6.02. The number of nitrogens with zero attached hydrogens (tertiary/aromatic N) is 1. The fraction of sp³-hybridized carbons (Fsp3) is 0.909. The molecule has 1 aliphatic carbocycles. The van der Waals surface area contributed by atoms with Gasteiger partial charge in [-0.25, -0.2) is 0 Å². The molecule has 18 heavy (non-hydrogen) atoms. The molecular formula is C11H19F3N2O2. The van der Waals surface area contributed by atoms with E-state index in [1.54, 1.807) is 0 Å². The molecule has 106 valence electrons. The first-order valence-corrected chi connectivity index (χ1v) is 6.02. The lowest BCUT2D eigenvalue weighted by Crippen LogP contribution is -2.50. The van der Waals surface area contributed by atoms with Gasteiger partial charge < -0.3 is 15.7 Å². The van der Waals surface area contributed by atoms with Gasteiger partial charge in [0.25, 0.3) is 0 Å². The maximum Gasteiger partial charge on any atom is 0.406 e. The Bertz CT molecular complexity index is 289. The van der Waals surface area contributed by atoms with Crippen molar-refractivity contribution in [1.82, 2.24) is 4.90 Å². The number of rotatable bonds is 5. The van der Waals surface area contributed by atoms with Crippen LogP contribution in [-0.4, -0.2) is 48.3 Å². The van der Waals surface area contributed by atoms with E-state index < -0.39 is 30.7 Å². The molecule has 0 atom stereocenters. The Hall–Kier alpha value is -0.820. The van der Waals surface area contributed by atoms with E-state index in [0.29, 0.717) is 17.7 Å². The van der Waals surface area contributed by atoms with Crippen LogP contribution in [0.5, 0.6) is 0 Å². The molecule has 1 fully saturated rings. The first-order chi connectivity index (χ1) is 8.34. The third kappa shape index (κ3) is 3.58. The largest absolute Gasteiger partial charge is 0.406 e. The van der Waals surface area contributed by atoms with Crippen molar-refractivity contribution in [2.75, 3.05) is 26.2 Å². The molecule has 0 spiro atoms. The van der Waals surface area contributed by atoms with E-state index >= 15 is 0 Å². The van der Waals surface area contributed by atoms with Crippen LogP contribution in [0.3, 0.4) is 0 Å². The number of hydrogen-bond donors (Lipinski definition) is 2. The van der Waals surface area contributed by atoms with Crippen molar-refractivity contribution < 1.29 is 23.1 Å². The SMILES string of the molecule is NCC1(C(=O)N(CCO)CC(F)(F)F)CCCC1. The quantitative estimate of drug-likeness (QED) is 0.778. The van der Waals surface area contributed by atoms with Crippen molar-refractivity contribution in [2.45, 2.75) is 31.9 Å². The Morgan fingerprint density at radius 3 is 2.28 bits per heavy atom. The summed E-state index contributed by atoms with van der Waals surface area (Å²) in [5, 5.41) is 8.79. The molecule has 1 rings (SSSR count). The molecule has 0 aromatic carbocycles. The Morgan fingerprint density at radius 2 is 1.89 bits per heavy atom. The lowest BCUT2D eigenvalue weighted by Gasteiger charge is -2.33. The molecule has 0 radical (unpaired) electrons. The highest BCUT2D eigenvalue weighted by molar-refractivity contribution is 5.83. The summed E-state index contributed by atoms with van der Waals surface area (Å²) in [4.78, 5) is 12.9. The Kier molecular flexibility index (Phi) is 4.98. The maximum atomic E-state index is 12.4. The Labute approximate surface area is 104 Å². The van der Waals surface area contributed by atoms with Crippen molar-refractivity contribution in [1.29, 1.82) is 0 Å². The summed E-state index contributed by atoms with van der Waals surface area (Å²) in [6, 6.07) is 0. The molecule has 7 heteroatoms. The fourth-order valence-electron chi connectivity index (χ4n) is 2.48. The normalized spacial score (nSPS) is 18.9. The topological polar surface area (TPSA) is 66.6 Å². The van der Waals surface area contributed by atoms with Gasteiger partial charge in [-0.1, -0.05) is 12.8 Å². The van der Waals surface area contributed by atoms with Crippen molar-refractivity contribution in [3.8, 4) is 0 Å². The van der Waals surface area contributed by atoms with Crippen LogP contribution in [0.2, 0.25) is 0 Å². The van der Waals surface area contributed by atoms with Crippen LogP contribution in [0.1, 0.15) is 25.7 Å². The van der Waals surface area contributed by atoms with Crippen molar-refractivity contribution >= 4 is 5.91 Å². The van der Waals surface area contributed by atoms with Gasteiger partial charge in [0.1, 0.15) is 6.54 Å². The van der Waals surface area contributed by atoms with Crippen molar-refractivity contribution in [2.24, 2.45) is 11.1 Å². The van der Waals surface area contributed by atoms with E-state index in [9.17, 15) is 18.0 Å². The van der Waals surface area contributed by atoms with E-state index in [1.807, 2.05) is 0 Å². The second-order valence-corrected chi connectivity index (χ2v) is 4.76. The molecule has 4 nitrogen and oxygen atoms in total. The van der Waals surface area contributed by atoms with Crippen LogP contribution in [-0.2, 0) is 4.79 Å². The van der Waals surface area contributed by atoms with E-state index in [2.05, 4.69) is 0 Å². The van der Waals surface area contributed by atoms with Gasteiger partial charge in [-0.3, -0.25) is 4.79 Å². The van der Waals surface area contributed by atoms with E-state index in [4.69, 9.17) is 10.8 Å². The lowest BCUT2D eigenvalue weighted by atomic mass is 9.84. The molecule has 0 aliphatic heterocycles. The minimum absolute atomic E-state index is 0.0611. The second-order valence-electron chi connectivity index (χ2n) is 4.76. The summed E-state index contributed by atoms with van der Waals surface area (Å²) < 4.78 is 37.2. The minimum atomic E-state index is -4.46. The second kappa shape index (κ2) is 5.88. The zero-order valence-corrected chi connectivity index (χ0v) is 10.2. The van der Waals surface area contributed by atoms with Crippen LogP contribution in [0.4, 0.5) is 13.2 Å². The number of aliphatic hydroxyl groups excluding tert-OH is 1. The molecule has 0 heterocycles. The summed E-state index contributed by atoms with van der Waals surface area (Å²) in [5.41, 5.74) is 4.72. The summed E-state index contributed by atoms with van der Waals surface area (Å²) >= 11 is 0. The van der Waals surface area contributed by atoms with E-state index in [1.165, 1.54) is 0 Å². The van der Waals surface area contributed by atoms with Crippen molar-refractivity contribution in [3.63, 3.8) is 0 Å². The van der Waals surface area contributed by atoms with Gasteiger partial charge in [-0.2, -0.15) is 13.2 Å². The van der Waals surface area contributed by atoms with Gasteiger partial charge in [0, 0.05) is 13.1 Å². The van der Waals surface area contributed by atoms with Gasteiger partial charge in [0.2, 0.25) is 5.91 Å². The molecule has 0 bridgehead atoms. The fourth-order valence-corrected chi connectivity index (χ4v) is 2.48. The average Bonchev–Trinajstić information content (AvgIpc) is 2.75. The molecule has 0 unspecified atom stereocenters. The van der Waals surface area contributed by atoms with Crippen LogP contribution >= 0.6 is 0 Å². The zero-order chi connectivity index (χ0) is 13.8. The molecule has 1 aliphatic rings. The number of carbonyl (C=O) groups excluding carboxylic acids is 1. The smallest absolute Gasteiger partial charge is 0.395 e. The molecule has 0 aromatic rings. The molecular weight excluding hydrogens is 249 g/mol. The Morgan fingerprint density at radius 1 is 1.33 bits per heavy atom. The number of amides is 1. The number of alkyl halides is 3. The van der Waals surface area contributed by atoms with Gasteiger partial charge in [-0.15, -0.1) is 0 Å². The predicted octanol–water partition coefficient (Wildman–Crippen LogP) is 0.889. The van der Waals surface area contributed by atoms with Crippen LogP contribution in [0.15, 0.2) is 0 Å². The number of aliphatic hydroxyl groups is 1. The third-order valence-corrected chi connectivity index (χ3v) is 3.43. The highest BCUT2D eigenvalue weighted by atomic mass is 19.4. The van der Waals surface area contributed by atoms with Crippen molar-refractivity contribution in [3.05, 3.63) is 0 Å². The number of halogens is 3. The zero-order valence-electron chi connectivity index (χ0n) is 10.2. The van der Waals surface area contributed by atoms with Crippen LogP contribution < -0.4 is 5.73 Å². The van der Waals surface area contributed by atoms with Crippen LogP contribution in [0.25, 0.3) is 0 Å². The van der Waals surface area contributed by atoms with E-state index in [-0.39, 0.29) is 13.1 Å². The van der Waals surface area contributed by atoms with E-state index in [0.717, 1.165) is 12.8 Å². The molecule has 0 aromatic heterocycles. The number of hydrogen-bond acceptors (Lipinski definition) is 3. The van der Waals surface area contributed by atoms with Gasteiger partial charge in [-0.05, 0) is 12.8 Å². The molecule has 1 saturated carbocycles. The standard InChI is InChI=1S/C11H19F3N2O2/c12-11(13,14)8-16(5-6-17)9(18)10(7-15)3-1-2-4-10/h17H,1-8,15H2. The van der Waals surface area contributed by atoms with Crippen LogP contribution in [0, 0.1) is 5.41 Å². The highest BCUT2D eigenvalue weighted by Gasteiger charge is 2.44. The minimum Gasteiger partial charge on any atom is -0.395 e. The number of nitrogens with two attached hydrogens (primary N) is 1. The lowest BCUT2D eigenvalue weighted by molar-refractivity contribution is -0.168. The van der Waals surface area contributed by atoms with Gasteiger partial charge >= 0.3 is 6.18 Å². The molecule has 3 N–H and O–H groups in total. The monoisotopic (exact) mass is 268 g/mol. The predicted molar refractivity (Wildman–Crippen MR) is 59.7 cm³/mol. The highest BCUT2D eigenvalue weighted by Crippen LogP contribution is 2.39. The maximum absolute atomic E-state index is 12.4. The van der Waals surface area contributed by atoms with Gasteiger partial charge in [0.15, 0.2) is 0 Å². The summed E-state index contributed by atoms with van der Waals surface area (Å²) in [5.74, 6) is -0.575. The summed E-state index contributed by atoms with van der Waals surface area (Å²) in [7, 11) is 0. The van der Waals surface area contributed by atoms with Gasteiger partial charge in [0.05, 0.1) is 12.0 Å².